The van der Waals surface area contributed by atoms with Crippen LogP contribution >= 0.6 is 11.3 Å². The van der Waals surface area contributed by atoms with E-state index in [1.165, 1.54) is 26.2 Å². The van der Waals surface area contributed by atoms with Gasteiger partial charge < -0.3 is 9.84 Å². The van der Waals surface area contributed by atoms with E-state index < -0.39 is 5.91 Å². The number of ketones is 1. The number of aromatic hydroxyl groups is 1. The number of hydrogen-bond acceptors (Lipinski definition) is 6. The quantitative estimate of drug-likeness (QED) is 0.844. The summed E-state index contributed by atoms with van der Waals surface area (Å²) in [6.45, 7) is 1.40. The first-order chi connectivity index (χ1) is 9.51. The van der Waals surface area contributed by atoms with E-state index in [1.807, 2.05) is 0 Å². The lowest BCUT2D eigenvalue weighted by atomic mass is 10.2. The highest BCUT2D eigenvalue weighted by atomic mass is 32.1. The fraction of sp³-hybridized carbons (Fsp3) is 0.154. The van der Waals surface area contributed by atoms with Crippen molar-refractivity contribution in [2.45, 2.75) is 6.92 Å². The van der Waals surface area contributed by atoms with Gasteiger partial charge in [0.15, 0.2) is 10.9 Å². The number of thiazole rings is 1. The van der Waals surface area contributed by atoms with E-state index in [9.17, 15) is 14.7 Å². The second-order valence-electron chi connectivity index (χ2n) is 3.93. The summed E-state index contributed by atoms with van der Waals surface area (Å²) in [5.41, 5.74) is 0.365. The molecule has 2 N–H and O–H groups in total. The molecule has 0 aliphatic carbocycles. The molecule has 0 saturated heterocycles. The van der Waals surface area contributed by atoms with Crippen LogP contribution in [0.4, 0.5) is 5.13 Å². The smallest absolute Gasteiger partial charge is 0.261 e. The number of aromatic nitrogens is 1. The van der Waals surface area contributed by atoms with Gasteiger partial charge in [0, 0.05) is 12.3 Å². The van der Waals surface area contributed by atoms with Gasteiger partial charge in [0.05, 0.1) is 12.7 Å². The summed E-state index contributed by atoms with van der Waals surface area (Å²) in [5, 5.41) is 14.1. The van der Waals surface area contributed by atoms with E-state index in [-0.39, 0.29) is 17.1 Å². The Morgan fingerprint density at radius 3 is 2.75 bits per heavy atom. The molecule has 0 aliphatic rings. The molecular weight excluding hydrogens is 280 g/mol. The summed E-state index contributed by atoms with van der Waals surface area (Å²) in [7, 11) is 1.47. The standard InChI is InChI=1S/C13H12N2O4S/c1-7(16)10-6-20-13(14-10)15-12(18)9-5-8(19-2)3-4-11(9)17/h3-6,17H,1-2H3,(H,14,15,18). The number of nitrogens with one attached hydrogen (secondary N) is 1. The Labute approximate surface area is 119 Å². The average molecular weight is 292 g/mol. The van der Waals surface area contributed by atoms with Crippen LogP contribution in [0.25, 0.3) is 0 Å². The highest BCUT2D eigenvalue weighted by Crippen LogP contribution is 2.24. The summed E-state index contributed by atoms with van der Waals surface area (Å²) >= 11 is 1.14. The summed E-state index contributed by atoms with van der Waals surface area (Å²) in [5.74, 6) is -0.403. The molecule has 2 rings (SSSR count). The normalized spacial score (nSPS) is 10.1. The molecule has 1 heterocycles. The number of nitrogens with zero attached hydrogens (tertiary/aromatic N) is 1. The van der Waals surface area contributed by atoms with E-state index in [4.69, 9.17) is 4.74 Å². The Balaban J connectivity index is 2.21. The minimum absolute atomic E-state index is 0.0731. The van der Waals surface area contributed by atoms with Crippen molar-refractivity contribution in [1.29, 1.82) is 0 Å². The lowest BCUT2D eigenvalue weighted by molar-refractivity contribution is 0.100. The van der Waals surface area contributed by atoms with Gasteiger partial charge in [-0.1, -0.05) is 0 Å². The van der Waals surface area contributed by atoms with Crippen molar-refractivity contribution in [1.82, 2.24) is 4.98 Å². The van der Waals surface area contributed by atoms with Gasteiger partial charge in [-0.15, -0.1) is 11.3 Å². The first-order valence-corrected chi connectivity index (χ1v) is 6.54. The molecule has 6 nitrogen and oxygen atoms in total. The Morgan fingerprint density at radius 2 is 2.15 bits per heavy atom. The Bertz CT molecular complexity index is 666. The van der Waals surface area contributed by atoms with Gasteiger partial charge >= 0.3 is 0 Å². The molecule has 0 spiro atoms. The van der Waals surface area contributed by atoms with Crippen molar-refractivity contribution in [2.24, 2.45) is 0 Å². The monoisotopic (exact) mass is 292 g/mol. The SMILES string of the molecule is COc1ccc(O)c(C(=O)Nc2nc(C(C)=O)cs2)c1. The minimum atomic E-state index is -0.522. The molecule has 0 fully saturated rings. The van der Waals surface area contributed by atoms with Crippen molar-refractivity contribution in [3.63, 3.8) is 0 Å². The number of Topliss-reactive ketones (excluding diaryl/α,β-unsaturated/α-hetero) is 1. The molecule has 0 aliphatic heterocycles. The lowest BCUT2D eigenvalue weighted by Crippen LogP contribution is -2.12. The molecule has 1 aromatic carbocycles. The van der Waals surface area contributed by atoms with Crippen LogP contribution in [-0.2, 0) is 0 Å². The number of ether oxygens (including phenoxy) is 1. The number of methoxy groups -OCH3 is 1. The third kappa shape index (κ3) is 2.94. The van der Waals surface area contributed by atoms with Crippen LogP contribution in [0, 0.1) is 0 Å². The summed E-state index contributed by atoms with van der Waals surface area (Å²) in [6, 6.07) is 4.34. The fourth-order valence-electron chi connectivity index (χ4n) is 1.48. The van der Waals surface area contributed by atoms with Gasteiger partial charge in [-0.05, 0) is 18.2 Å². The first kappa shape index (κ1) is 14.0. The first-order valence-electron chi connectivity index (χ1n) is 5.66. The van der Waals surface area contributed by atoms with Crippen molar-refractivity contribution in [3.8, 4) is 11.5 Å². The van der Waals surface area contributed by atoms with Crippen molar-refractivity contribution >= 4 is 28.2 Å². The zero-order valence-corrected chi connectivity index (χ0v) is 11.7. The topological polar surface area (TPSA) is 88.5 Å². The van der Waals surface area contributed by atoms with Crippen LogP contribution < -0.4 is 10.1 Å². The third-order valence-electron chi connectivity index (χ3n) is 2.53. The number of anilines is 1. The van der Waals surface area contributed by atoms with Gasteiger partial charge in [-0.2, -0.15) is 0 Å². The van der Waals surface area contributed by atoms with Crippen molar-refractivity contribution < 1.29 is 19.4 Å². The van der Waals surface area contributed by atoms with Crippen LogP contribution in [0.5, 0.6) is 11.5 Å². The molecule has 2 aromatic rings. The van der Waals surface area contributed by atoms with Crippen LogP contribution in [0.15, 0.2) is 23.6 Å². The molecule has 1 amide bonds. The van der Waals surface area contributed by atoms with E-state index in [0.29, 0.717) is 16.6 Å². The maximum atomic E-state index is 12.0. The number of benzene rings is 1. The Hall–Kier alpha value is -2.41. The molecule has 20 heavy (non-hydrogen) atoms. The average Bonchev–Trinajstić information content (AvgIpc) is 2.88. The number of hydrogen-bond donors (Lipinski definition) is 2. The summed E-state index contributed by atoms with van der Waals surface area (Å²) in [4.78, 5) is 27.1. The molecule has 0 bridgehead atoms. The van der Waals surface area contributed by atoms with Gasteiger partial charge in [0.25, 0.3) is 5.91 Å². The van der Waals surface area contributed by atoms with E-state index >= 15 is 0 Å². The number of phenolic OH excluding ortho intramolecular Hbond substituents is 1. The molecule has 0 radical (unpaired) electrons. The number of carbonyl (C=O) groups is 2. The van der Waals surface area contributed by atoms with E-state index in [2.05, 4.69) is 10.3 Å². The third-order valence-corrected chi connectivity index (χ3v) is 3.29. The van der Waals surface area contributed by atoms with E-state index in [1.54, 1.807) is 11.4 Å². The summed E-state index contributed by atoms with van der Waals surface area (Å²) in [6.07, 6.45) is 0. The molecule has 0 unspecified atom stereocenters. The van der Waals surface area contributed by atoms with Crippen molar-refractivity contribution in [3.05, 3.63) is 34.8 Å². The fourth-order valence-corrected chi connectivity index (χ4v) is 2.23. The molecule has 7 heteroatoms. The van der Waals surface area contributed by atoms with Crippen LogP contribution in [0.2, 0.25) is 0 Å². The number of phenols is 1. The molecule has 0 atom stereocenters. The minimum Gasteiger partial charge on any atom is -0.507 e. The maximum absolute atomic E-state index is 12.0. The van der Waals surface area contributed by atoms with Crippen LogP contribution in [-0.4, -0.2) is 28.9 Å². The number of carbonyl (C=O) groups excluding carboxylic acids is 2. The molecule has 104 valence electrons. The zero-order valence-electron chi connectivity index (χ0n) is 10.8. The Morgan fingerprint density at radius 1 is 1.40 bits per heavy atom. The molecular formula is C13H12N2O4S. The Kier molecular flexibility index (Phi) is 3.99. The molecule has 0 saturated carbocycles. The maximum Gasteiger partial charge on any atom is 0.261 e. The predicted octanol–water partition coefficient (Wildman–Crippen LogP) is 2.31. The highest BCUT2D eigenvalue weighted by Gasteiger charge is 2.15. The molecule has 1 aromatic heterocycles. The van der Waals surface area contributed by atoms with E-state index in [0.717, 1.165) is 11.3 Å². The number of amides is 1. The number of rotatable bonds is 4. The zero-order chi connectivity index (χ0) is 14.7. The predicted molar refractivity (Wildman–Crippen MR) is 74.7 cm³/mol. The van der Waals surface area contributed by atoms with Crippen LogP contribution in [0.3, 0.4) is 0 Å². The van der Waals surface area contributed by atoms with Crippen LogP contribution in [0.1, 0.15) is 27.8 Å². The van der Waals surface area contributed by atoms with Gasteiger partial charge in [0.1, 0.15) is 17.2 Å². The van der Waals surface area contributed by atoms with Gasteiger partial charge in [-0.3, -0.25) is 14.9 Å². The second kappa shape index (κ2) is 5.70. The lowest BCUT2D eigenvalue weighted by Gasteiger charge is -2.06. The van der Waals surface area contributed by atoms with Gasteiger partial charge in [-0.25, -0.2) is 4.98 Å². The van der Waals surface area contributed by atoms with Crippen molar-refractivity contribution in [2.75, 3.05) is 12.4 Å². The largest absolute Gasteiger partial charge is 0.507 e. The summed E-state index contributed by atoms with van der Waals surface area (Å²) < 4.78 is 5.00. The second-order valence-corrected chi connectivity index (χ2v) is 4.79. The van der Waals surface area contributed by atoms with Gasteiger partial charge in [0.2, 0.25) is 0 Å². The highest BCUT2D eigenvalue weighted by molar-refractivity contribution is 7.14.